The summed E-state index contributed by atoms with van der Waals surface area (Å²) in [7, 11) is 1.62. The van der Waals surface area contributed by atoms with E-state index >= 15 is 0 Å². The Hall–Kier alpha value is -1.75. The van der Waals surface area contributed by atoms with E-state index in [4.69, 9.17) is 9.47 Å². The first kappa shape index (κ1) is 15.6. The molecule has 0 radical (unpaired) electrons. The molecule has 1 unspecified atom stereocenters. The van der Waals surface area contributed by atoms with Gasteiger partial charge in [0, 0.05) is 26.2 Å². The normalized spacial score (nSPS) is 17.4. The van der Waals surface area contributed by atoms with E-state index in [1.54, 1.807) is 14.0 Å². The number of carbonyl (C=O) groups is 1. The lowest BCUT2D eigenvalue weighted by atomic mass is 10.2. The molecule has 1 atom stereocenters. The van der Waals surface area contributed by atoms with Crippen LogP contribution in [0.1, 0.15) is 13.8 Å². The van der Waals surface area contributed by atoms with Crippen LogP contribution in [0.2, 0.25) is 0 Å². The fourth-order valence-electron chi connectivity index (χ4n) is 2.45. The lowest BCUT2D eigenvalue weighted by Gasteiger charge is -2.35. The van der Waals surface area contributed by atoms with Gasteiger partial charge in [0.25, 0.3) is 5.91 Å². The number of hydrogen-bond donors (Lipinski definition) is 0. The van der Waals surface area contributed by atoms with Gasteiger partial charge in [-0.05, 0) is 37.7 Å². The molecule has 1 saturated heterocycles. The van der Waals surface area contributed by atoms with Crippen molar-refractivity contribution >= 4 is 5.91 Å². The molecule has 1 aromatic carbocycles. The summed E-state index contributed by atoms with van der Waals surface area (Å²) >= 11 is 0. The molecule has 0 bridgehead atoms. The second-order valence-corrected chi connectivity index (χ2v) is 5.20. The van der Waals surface area contributed by atoms with E-state index in [1.165, 1.54) is 0 Å². The number of ether oxygens (including phenoxy) is 2. The van der Waals surface area contributed by atoms with Crippen LogP contribution < -0.4 is 9.47 Å². The van der Waals surface area contributed by atoms with Crippen LogP contribution in [0.4, 0.5) is 0 Å². The summed E-state index contributed by atoms with van der Waals surface area (Å²) < 4.78 is 10.8. The molecule has 1 aliphatic rings. The molecule has 2 rings (SSSR count). The van der Waals surface area contributed by atoms with Crippen LogP contribution in [0.3, 0.4) is 0 Å². The van der Waals surface area contributed by atoms with E-state index in [-0.39, 0.29) is 5.91 Å². The highest BCUT2D eigenvalue weighted by atomic mass is 16.5. The molecule has 5 heteroatoms. The monoisotopic (exact) mass is 292 g/mol. The maximum absolute atomic E-state index is 12.4. The summed E-state index contributed by atoms with van der Waals surface area (Å²) in [6.07, 6.45) is -0.466. The summed E-state index contributed by atoms with van der Waals surface area (Å²) in [5.41, 5.74) is 0. The number of piperazine rings is 1. The van der Waals surface area contributed by atoms with Crippen LogP contribution in [0, 0.1) is 0 Å². The maximum Gasteiger partial charge on any atom is 0.263 e. The SMILES string of the molecule is CCN1CCN(C(=O)C(C)Oc2ccc(OC)cc2)CC1. The van der Waals surface area contributed by atoms with Crippen LogP contribution in [-0.2, 0) is 4.79 Å². The lowest BCUT2D eigenvalue weighted by molar-refractivity contribution is -0.139. The number of nitrogens with zero attached hydrogens (tertiary/aromatic N) is 2. The van der Waals surface area contributed by atoms with Crippen molar-refractivity contribution in [2.45, 2.75) is 20.0 Å². The molecule has 1 aromatic rings. The zero-order valence-electron chi connectivity index (χ0n) is 13.0. The first-order valence-electron chi connectivity index (χ1n) is 7.46. The molecular weight excluding hydrogens is 268 g/mol. The Bertz CT molecular complexity index is 453. The molecule has 1 amide bonds. The summed E-state index contributed by atoms with van der Waals surface area (Å²) in [5, 5.41) is 0. The highest BCUT2D eigenvalue weighted by Gasteiger charge is 2.25. The van der Waals surface area contributed by atoms with E-state index in [2.05, 4.69) is 11.8 Å². The second-order valence-electron chi connectivity index (χ2n) is 5.20. The van der Waals surface area contributed by atoms with Gasteiger partial charge in [-0.15, -0.1) is 0 Å². The summed E-state index contributed by atoms with van der Waals surface area (Å²) in [6.45, 7) is 8.44. The van der Waals surface area contributed by atoms with E-state index in [1.807, 2.05) is 29.2 Å². The molecular formula is C16H24N2O3. The minimum Gasteiger partial charge on any atom is -0.497 e. The summed E-state index contributed by atoms with van der Waals surface area (Å²) in [4.78, 5) is 16.6. The Morgan fingerprint density at radius 2 is 1.71 bits per heavy atom. The predicted octanol–water partition coefficient (Wildman–Crippen LogP) is 1.63. The Kier molecular flexibility index (Phi) is 5.44. The van der Waals surface area contributed by atoms with Crippen molar-refractivity contribution in [3.63, 3.8) is 0 Å². The smallest absolute Gasteiger partial charge is 0.263 e. The van der Waals surface area contributed by atoms with Crippen molar-refractivity contribution in [3.8, 4) is 11.5 Å². The van der Waals surface area contributed by atoms with Crippen molar-refractivity contribution in [3.05, 3.63) is 24.3 Å². The van der Waals surface area contributed by atoms with Gasteiger partial charge in [-0.2, -0.15) is 0 Å². The molecule has 0 saturated carbocycles. The third-order valence-electron chi connectivity index (χ3n) is 3.85. The van der Waals surface area contributed by atoms with Crippen LogP contribution in [0.5, 0.6) is 11.5 Å². The predicted molar refractivity (Wildman–Crippen MR) is 81.8 cm³/mol. The Morgan fingerprint density at radius 1 is 1.14 bits per heavy atom. The van der Waals surface area contributed by atoms with Crippen LogP contribution in [0.15, 0.2) is 24.3 Å². The third kappa shape index (κ3) is 4.11. The van der Waals surface area contributed by atoms with Gasteiger partial charge in [-0.25, -0.2) is 0 Å². The van der Waals surface area contributed by atoms with Gasteiger partial charge in [-0.1, -0.05) is 6.92 Å². The largest absolute Gasteiger partial charge is 0.497 e. The van der Waals surface area contributed by atoms with Gasteiger partial charge in [0.05, 0.1) is 7.11 Å². The van der Waals surface area contributed by atoms with Gasteiger partial charge in [0.1, 0.15) is 11.5 Å². The fraction of sp³-hybridized carbons (Fsp3) is 0.562. The molecule has 21 heavy (non-hydrogen) atoms. The third-order valence-corrected chi connectivity index (χ3v) is 3.85. The minimum absolute atomic E-state index is 0.0570. The minimum atomic E-state index is -0.466. The molecule has 1 heterocycles. The van der Waals surface area contributed by atoms with Crippen LogP contribution in [-0.4, -0.2) is 61.6 Å². The maximum atomic E-state index is 12.4. The van der Waals surface area contributed by atoms with Gasteiger partial charge in [0.15, 0.2) is 6.10 Å². The quantitative estimate of drug-likeness (QED) is 0.827. The average Bonchev–Trinajstić information content (AvgIpc) is 2.55. The topological polar surface area (TPSA) is 42.0 Å². The number of hydrogen-bond acceptors (Lipinski definition) is 4. The zero-order chi connectivity index (χ0) is 15.2. The van der Waals surface area contributed by atoms with E-state index in [9.17, 15) is 4.79 Å². The first-order valence-corrected chi connectivity index (χ1v) is 7.46. The Labute approximate surface area is 126 Å². The molecule has 0 aliphatic carbocycles. The number of likely N-dealkylation sites (N-methyl/N-ethyl adjacent to an activating group) is 1. The van der Waals surface area contributed by atoms with Gasteiger partial charge in [-0.3, -0.25) is 4.79 Å². The highest BCUT2D eigenvalue weighted by Crippen LogP contribution is 2.18. The van der Waals surface area contributed by atoms with Crippen molar-refractivity contribution in [2.24, 2.45) is 0 Å². The van der Waals surface area contributed by atoms with Crippen LogP contribution in [0.25, 0.3) is 0 Å². The van der Waals surface area contributed by atoms with Crippen LogP contribution >= 0.6 is 0 Å². The van der Waals surface area contributed by atoms with Gasteiger partial charge >= 0.3 is 0 Å². The zero-order valence-corrected chi connectivity index (χ0v) is 13.0. The number of rotatable bonds is 5. The van der Waals surface area contributed by atoms with Gasteiger partial charge < -0.3 is 19.3 Å². The molecule has 5 nitrogen and oxygen atoms in total. The van der Waals surface area contributed by atoms with E-state index < -0.39 is 6.10 Å². The highest BCUT2D eigenvalue weighted by molar-refractivity contribution is 5.81. The second kappa shape index (κ2) is 7.31. The molecule has 0 aromatic heterocycles. The lowest BCUT2D eigenvalue weighted by Crippen LogP contribution is -2.51. The van der Waals surface area contributed by atoms with E-state index in [0.717, 1.165) is 38.5 Å². The molecule has 0 spiro atoms. The molecule has 1 aliphatic heterocycles. The number of amides is 1. The van der Waals surface area contributed by atoms with Crippen molar-refractivity contribution in [1.82, 2.24) is 9.80 Å². The summed E-state index contributed by atoms with van der Waals surface area (Å²) in [6, 6.07) is 7.29. The fourth-order valence-corrected chi connectivity index (χ4v) is 2.45. The molecule has 0 N–H and O–H groups in total. The molecule has 1 fully saturated rings. The van der Waals surface area contributed by atoms with Crippen molar-refractivity contribution in [2.75, 3.05) is 39.8 Å². The average molecular weight is 292 g/mol. The van der Waals surface area contributed by atoms with Crippen molar-refractivity contribution < 1.29 is 14.3 Å². The number of carbonyl (C=O) groups excluding carboxylic acids is 1. The van der Waals surface area contributed by atoms with Gasteiger partial charge in [0.2, 0.25) is 0 Å². The molecule has 116 valence electrons. The standard InChI is InChI=1S/C16H24N2O3/c1-4-17-9-11-18(12-10-17)16(19)13(2)21-15-7-5-14(20-3)6-8-15/h5-8,13H,4,9-12H2,1-3H3. The number of benzene rings is 1. The Balaban J connectivity index is 1.87. The summed E-state index contributed by atoms with van der Waals surface area (Å²) in [5.74, 6) is 1.52. The Morgan fingerprint density at radius 3 is 2.24 bits per heavy atom. The number of methoxy groups -OCH3 is 1. The first-order chi connectivity index (χ1) is 10.1. The van der Waals surface area contributed by atoms with E-state index in [0.29, 0.717) is 5.75 Å². The van der Waals surface area contributed by atoms with Crippen molar-refractivity contribution in [1.29, 1.82) is 0 Å².